The number of aromatic nitrogens is 1. The van der Waals surface area contributed by atoms with E-state index in [1.54, 1.807) is 30.3 Å². The van der Waals surface area contributed by atoms with Crippen molar-refractivity contribution in [2.75, 3.05) is 6.54 Å². The van der Waals surface area contributed by atoms with Crippen LogP contribution in [0.25, 0.3) is 10.8 Å². The molecule has 1 aromatic carbocycles. The summed E-state index contributed by atoms with van der Waals surface area (Å²) in [4.78, 5) is 18.3. The summed E-state index contributed by atoms with van der Waals surface area (Å²) in [5.41, 5.74) is 0.593. The van der Waals surface area contributed by atoms with Crippen molar-refractivity contribution in [3.8, 4) is 10.8 Å². The Balaban J connectivity index is 1.45. The third kappa shape index (κ3) is 4.26. The number of piperidine rings is 1. The number of thiophene rings is 1. The highest BCUT2D eigenvalue weighted by Gasteiger charge is 2.37. The van der Waals surface area contributed by atoms with Crippen LogP contribution in [0.2, 0.25) is 0 Å². The number of benzene rings is 1. The zero-order chi connectivity index (χ0) is 20.3. The minimum atomic E-state index is -3.72. The van der Waals surface area contributed by atoms with Crippen molar-refractivity contribution in [3.63, 3.8) is 0 Å². The average molecular weight is 432 g/mol. The Morgan fingerprint density at radius 1 is 1.21 bits per heavy atom. The highest BCUT2D eigenvalue weighted by molar-refractivity contribution is 7.89. The van der Waals surface area contributed by atoms with Crippen LogP contribution in [0.15, 0.2) is 63.4 Å². The lowest BCUT2D eigenvalue weighted by Gasteiger charge is -2.33. The van der Waals surface area contributed by atoms with Crippen molar-refractivity contribution in [1.82, 2.24) is 14.6 Å². The van der Waals surface area contributed by atoms with Crippen LogP contribution in [0.1, 0.15) is 25.0 Å². The highest BCUT2D eigenvalue weighted by Crippen LogP contribution is 2.26. The molecule has 0 aliphatic carbocycles. The molecule has 3 aromatic rings. The first-order chi connectivity index (χ1) is 14.1. The monoisotopic (exact) mass is 431 g/mol. The molecule has 2 aromatic heterocycles. The standard InChI is InChI=1S/C20H21N3O4S2/c24-19(21-13-15-14-27-20(22-15)18-10-6-12-28-18)17-9-4-5-11-23(17)29(25,26)16-7-2-1-3-8-16/h1-3,6-8,10,12,14,17H,4-5,9,11,13H2,(H,21,24). The van der Waals surface area contributed by atoms with Gasteiger partial charge in [-0.25, -0.2) is 13.4 Å². The number of amides is 1. The van der Waals surface area contributed by atoms with Gasteiger partial charge in [0.25, 0.3) is 0 Å². The molecule has 1 saturated heterocycles. The number of hydrogen-bond donors (Lipinski definition) is 1. The molecule has 0 radical (unpaired) electrons. The Kier molecular flexibility index (Phi) is 5.79. The number of nitrogens with one attached hydrogen (secondary N) is 1. The van der Waals surface area contributed by atoms with Crippen LogP contribution in [0.3, 0.4) is 0 Å². The van der Waals surface area contributed by atoms with E-state index in [9.17, 15) is 13.2 Å². The molecule has 1 aliphatic heterocycles. The molecule has 29 heavy (non-hydrogen) atoms. The number of oxazole rings is 1. The topological polar surface area (TPSA) is 92.5 Å². The maximum Gasteiger partial charge on any atom is 0.243 e. The van der Waals surface area contributed by atoms with E-state index in [2.05, 4.69) is 10.3 Å². The molecule has 152 valence electrons. The number of carbonyl (C=O) groups excluding carboxylic acids is 1. The third-order valence-electron chi connectivity index (χ3n) is 4.83. The molecule has 0 saturated carbocycles. The molecular weight excluding hydrogens is 410 g/mol. The summed E-state index contributed by atoms with van der Waals surface area (Å²) in [6, 6.07) is 11.3. The first kappa shape index (κ1) is 19.8. The van der Waals surface area contributed by atoms with E-state index in [0.717, 1.165) is 17.7 Å². The van der Waals surface area contributed by atoms with Gasteiger partial charge >= 0.3 is 0 Å². The number of hydrogen-bond acceptors (Lipinski definition) is 6. The smallest absolute Gasteiger partial charge is 0.243 e. The van der Waals surface area contributed by atoms with Crippen molar-refractivity contribution in [2.45, 2.75) is 36.7 Å². The molecule has 1 fully saturated rings. The quantitative estimate of drug-likeness (QED) is 0.647. The van der Waals surface area contributed by atoms with Crippen molar-refractivity contribution >= 4 is 27.3 Å². The van der Waals surface area contributed by atoms with Crippen LogP contribution in [0.5, 0.6) is 0 Å². The van der Waals surface area contributed by atoms with Gasteiger partial charge in [-0.05, 0) is 36.4 Å². The molecule has 3 heterocycles. The molecule has 1 N–H and O–H groups in total. The Morgan fingerprint density at radius 2 is 2.03 bits per heavy atom. The number of nitrogens with zero attached hydrogens (tertiary/aromatic N) is 2. The lowest BCUT2D eigenvalue weighted by molar-refractivity contribution is -0.125. The van der Waals surface area contributed by atoms with Gasteiger partial charge in [-0.15, -0.1) is 11.3 Å². The summed E-state index contributed by atoms with van der Waals surface area (Å²) in [6.45, 7) is 0.519. The zero-order valence-corrected chi connectivity index (χ0v) is 17.3. The van der Waals surface area contributed by atoms with Crippen LogP contribution in [-0.4, -0.2) is 36.2 Å². The Bertz CT molecular complexity index is 1060. The number of carbonyl (C=O) groups is 1. The van der Waals surface area contributed by atoms with Crippen LogP contribution in [0.4, 0.5) is 0 Å². The molecule has 1 aliphatic rings. The summed E-state index contributed by atoms with van der Waals surface area (Å²) >= 11 is 1.52. The normalized spacial score (nSPS) is 17.9. The second-order valence-corrected chi connectivity index (χ2v) is 9.62. The molecule has 1 unspecified atom stereocenters. The van der Waals surface area contributed by atoms with Crippen LogP contribution < -0.4 is 5.32 Å². The number of sulfonamides is 1. The zero-order valence-electron chi connectivity index (χ0n) is 15.7. The van der Waals surface area contributed by atoms with Gasteiger partial charge in [0.05, 0.1) is 22.0 Å². The van der Waals surface area contributed by atoms with Crippen molar-refractivity contribution in [1.29, 1.82) is 0 Å². The largest absolute Gasteiger partial charge is 0.443 e. The fourth-order valence-electron chi connectivity index (χ4n) is 3.38. The van der Waals surface area contributed by atoms with Gasteiger partial charge < -0.3 is 9.73 Å². The van der Waals surface area contributed by atoms with E-state index in [1.165, 1.54) is 21.9 Å². The summed E-state index contributed by atoms with van der Waals surface area (Å²) < 4.78 is 32.8. The second-order valence-electron chi connectivity index (χ2n) is 6.78. The predicted octanol–water partition coefficient (Wildman–Crippen LogP) is 3.26. The van der Waals surface area contributed by atoms with Gasteiger partial charge in [-0.2, -0.15) is 4.31 Å². The minimum Gasteiger partial charge on any atom is -0.443 e. The van der Waals surface area contributed by atoms with E-state index in [4.69, 9.17) is 4.42 Å². The van der Waals surface area contributed by atoms with Crippen LogP contribution in [0, 0.1) is 0 Å². The SMILES string of the molecule is O=C(NCc1coc(-c2cccs2)n1)C1CCCCN1S(=O)(=O)c1ccccc1. The minimum absolute atomic E-state index is 0.184. The lowest BCUT2D eigenvalue weighted by atomic mass is 10.0. The fourth-order valence-corrected chi connectivity index (χ4v) is 5.71. The van der Waals surface area contributed by atoms with E-state index in [-0.39, 0.29) is 17.3 Å². The summed E-state index contributed by atoms with van der Waals surface area (Å²) in [7, 11) is -3.72. The predicted molar refractivity (Wildman–Crippen MR) is 110 cm³/mol. The fraction of sp³-hybridized carbons (Fsp3) is 0.300. The molecule has 1 atom stereocenters. The van der Waals surface area contributed by atoms with E-state index in [1.807, 2.05) is 17.5 Å². The molecule has 0 spiro atoms. The van der Waals surface area contributed by atoms with E-state index < -0.39 is 16.1 Å². The summed E-state index contributed by atoms with van der Waals surface area (Å²) in [6.07, 6.45) is 3.56. The van der Waals surface area contributed by atoms with Gasteiger partial charge in [0, 0.05) is 6.54 Å². The Hall–Kier alpha value is -2.49. The lowest BCUT2D eigenvalue weighted by Crippen LogP contribution is -2.51. The van der Waals surface area contributed by atoms with Gasteiger partial charge in [0.2, 0.25) is 21.8 Å². The van der Waals surface area contributed by atoms with Crippen LogP contribution in [-0.2, 0) is 21.4 Å². The first-order valence-corrected chi connectivity index (χ1v) is 11.7. The second kappa shape index (κ2) is 8.48. The van der Waals surface area contributed by atoms with Crippen LogP contribution >= 0.6 is 11.3 Å². The molecule has 0 bridgehead atoms. The van der Waals surface area contributed by atoms with Gasteiger partial charge in [0.15, 0.2) is 0 Å². The maximum atomic E-state index is 13.0. The molecule has 9 heteroatoms. The maximum absolute atomic E-state index is 13.0. The summed E-state index contributed by atoms with van der Waals surface area (Å²) in [5, 5.41) is 4.75. The van der Waals surface area contributed by atoms with Gasteiger partial charge in [0.1, 0.15) is 12.3 Å². The Morgan fingerprint density at radius 3 is 2.79 bits per heavy atom. The number of rotatable bonds is 6. The third-order valence-corrected chi connectivity index (χ3v) is 7.61. The van der Waals surface area contributed by atoms with E-state index in [0.29, 0.717) is 24.6 Å². The highest BCUT2D eigenvalue weighted by atomic mass is 32.2. The van der Waals surface area contributed by atoms with Gasteiger partial charge in [-0.1, -0.05) is 30.7 Å². The summed E-state index contributed by atoms with van der Waals surface area (Å²) in [5.74, 6) is 0.195. The Labute approximate surface area is 173 Å². The molecule has 7 nitrogen and oxygen atoms in total. The van der Waals surface area contributed by atoms with Gasteiger partial charge in [-0.3, -0.25) is 4.79 Å². The molecular formula is C20H21N3O4S2. The van der Waals surface area contributed by atoms with Crippen molar-refractivity contribution in [3.05, 3.63) is 59.8 Å². The van der Waals surface area contributed by atoms with Crippen molar-refractivity contribution in [2.24, 2.45) is 0 Å². The molecule has 4 rings (SSSR count). The average Bonchev–Trinajstić information content (AvgIpc) is 3.44. The van der Waals surface area contributed by atoms with Crippen molar-refractivity contribution < 1.29 is 17.6 Å². The molecule has 1 amide bonds. The first-order valence-electron chi connectivity index (χ1n) is 9.38. The van der Waals surface area contributed by atoms with E-state index >= 15 is 0 Å².